The summed E-state index contributed by atoms with van der Waals surface area (Å²) in [7, 11) is 0. The SMILES string of the molecule is C=C1C[C@H](CSCCCCCCCCC)C(O)C1O. The molecule has 1 rings (SSSR count). The molecular weight excluding hydrogens is 256 g/mol. The minimum atomic E-state index is -0.691. The van der Waals surface area contributed by atoms with Crippen molar-refractivity contribution >= 4 is 11.8 Å². The van der Waals surface area contributed by atoms with Crippen LogP contribution in [0.3, 0.4) is 0 Å². The Morgan fingerprint density at radius 3 is 2.32 bits per heavy atom. The molecule has 0 spiro atoms. The number of unbranched alkanes of at least 4 members (excludes halogenated alkanes) is 6. The van der Waals surface area contributed by atoms with E-state index in [-0.39, 0.29) is 5.92 Å². The zero-order valence-electron chi connectivity index (χ0n) is 12.3. The number of thioether (sulfide) groups is 1. The Kier molecular flexibility index (Phi) is 8.84. The van der Waals surface area contributed by atoms with Crippen LogP contribution in [0.15, 0.2) is 12.2 Å². The van der Waals surface area contributed by atoms with Gasteiger partial charge in [-0.2, -0.15) is 11.8 Å². The van der Waals surface area contributed by atoms with E-state index in [0.717, 1.165) is 17.7 Å². The van der Waals surface area contributed by atoms with Crippen molar-refractivity contribution in [3.05, 3.63) is 12.2 Å². The van der Waals surface area contributed by atoms with Crippen molar-refractivity contribution in [3.8, 4) is 0 Å². The Morgan fingerprint density at radius 2 is 1.74 bits per heavy atom. The fourth-order valence-electron chi connectivity index (χ4n) is 2.63. The van der Waals surface area contributed by atoms with Crippen molar-refractivity contribution < 1.29 is 10.2 Å². The summed E-state index contributed by atoms with van der Waals surface area (Å²) in [6, 6.07) is 0. The lowest BCUT2D eigenvalue weighted by molar-refractivity contribution is 0.0378. The first-order valence-corrected chi connectivity index (χ1v) is 8.93. The summed E-state index contributed by atoms with van der Waals surface area (Å²) < 4.78 is 0. The van der Waals surface area contributed by atoms with Gasteiger partial charge in [-0.3, -0.25) is 0 Å². The molecule has 2 unspecified atom stereocenters. The minimum absolute atomic E-state index is 0.206. The first kappa shape index (κ1) is 17.1. The highest BCUT2D eigenvalue weighted by Crippen LogP contribution is 2.32. The van der Waals surface area contributed by atoms with E-state index in [2.05, 4.69) is 13.5 Å². The highest BCUT2D eigenvalue weighted by atomic mass is 32.2. The first-order chi connectivity index (χ1) is 9.16. The number of hydrogen-bond donors (Lipinski definition) is 2. The van der Waals surface area contributed by atoms with Gasteiger partial charge < -0.3 is 10.2 Å². The Balaban J connectivity index is 1.93. The lowest BCUT2D eigenvalue weighted by atomic mass is 10.1. The smallest absolute Gasteiger partial charge is 0.101 e. The molecule has 19 heavy (non-hydrogen) atoms. The van der Waals surface area contributed by atoms with E-state index in [1.165, 1.54) is 50.7 Å². The van der Waals surface area contributed by atoms with E-state index in [1.807, 2.05) is 11.8 Å². The van der Waals surface area contributed by atoms with E-state index >= 15 is 0 Å². The minimum Gasteiger partial charge on any atom is -0.390 e. The van der Waals surface area contributed by atoms with E-state index < -0.39 is 12.2 Å². The molecule has 3 atom stereocenters. The molecule has 0 aliphatic heterocycles. The third-order valence-corrected chi connectivity index (χ3v) is 5.21. The van der Waals surface area contributed by atoms with E-state index in [1.54, 1.807) is 0 Å². The molecule has 0 aromatic rings. The second-order valence-electron chi connectivity index (χ2n) is 5.75. The molecule has 2 N–H and O–H groups in total. The highest BCUT2D eigenvalue weighted by molar-refractivity contribution is 7.99. The van der Waals surface area contributed by atoms with Gasteiger partial charge in [0.05, 0.1) is 6.10 Å². The van der Waals surface area contributed by atoms with Gasteiger partial charge in [0.1, 0.15) is 6.10 Å². The summed E-state index contributed by atoms with van der Waals surface area (Å²) in [5, 5.41) is 19.4. The summed E-state index contributed by atoms with van der Waals surface area (Å²) >= 11 is 1.91. The normalized spacial score (nSPS) is 27.1. The summed E-state index contributed by atoms with van der Waals surface area (Å²) in [5.41, 5.74) is 0.800. The molecule has 0 radical (unpaired) electrons. The lowest BCUT2D eigenvalue weighted by Crippen LogP contribution is -2.26. The predicted octanol–water partition coefficient (Wildman–Crippen LogP) is 3.77. The third kappa shape index (κ3) is 6.33. The van der Waals surface area contributed by atoms with Gasteiger partial charge in [0.25, 0.3) is 0 Å². The van der Waals surface area contributed by atoms with Crippen LogP contribution in [-0.2, 0) is 0 Å². The molecule has 1 aliphatic carbocycles. The molecule has 0 aromatic heterocycles. The highest BCUT2D eigenvalue weighted by Gasteiger charge is 2.35. The van der Waals surface area contributed by atoms with Crippen molar-refractivity contribution in [1.29, 1.82) is 0 Å². The second-order valence-corrected chi connectivity index (χ2v) is 6.90. The molecule has 1 aliphatic rings. The molecule has 3 heteroatoms. The van der Waals surface area contributed by atoms with Crippen molar-refractivity contribution in [2.45, 2.75) is 70.5 Å². The van der Waals surface area contributed by atoms with E-state index in [0.29, 0.717) is 0 Å². The van der Waals surface area contributed by atoms with Gasteiger partial charge in [0.2, 0.25) is 0 Å². The zero-order chi connectivity index (χ0) is 14.1. The first-order valence-electron chi connectivity index (χ1n) is 7.78. The van der Waals surface area contributed by atoms with Crippen LogP contribution in [0.2, 0.25) is 0 Å². The number of aliphatic hydroxyl groups excluding tert-OH is 2. The molecule has 1 saturated carbocycles. The molecule has 0 amide bonds. The van der Waals surface area contributed by atoms with Gasteiger partial charge in [-0.15, -0.1) is 0 Å². The van der Waals surface area contributed by atoms with Crippen LogP contribution in [0.5, 0.6) is 0 Å². The van der Waals surface area contributed by atoms with Crippen molar-refractivity contribution in [1.82, 2.24) is 0 Å². The Labute approximate surface area is 122 Å². The fraction of sp³-hybridized carbons (Fsp3) is 0.875. The molecular formula is C16H30O2S. The molecule has 1 fully saturated rings. The van der Waals surface area contributed by atoms with Crippen LogP contribution >= 0.6 is 11.8 Å². The molecule has 2 nitrogen and oxygen atoms in total. The quantitative estimate of drug-likeness (QED) is 0.474. The van der Waals surface area contributed by atoms with Gasteiger partial charge in [-0.1, -0.05) is 52.0 Å². The van der Waals surface area contributed by atoms with Crippen molar-refractivity contribution in [3.63, 3.8) is 0 Å². The molecule has 112 valence electrons. The van der Waals surface area contributed by atoms with Crippen molar-refractivity contribution in [2.75, 3.05) is 11.5 Å². The largest absolute Gasteiger partial charge is 0.390 e. The molecule has 0 bridgehead atoms. The summed E-state index contributed by atoms with van der Waals surface area (Å²) in [4.78, 5) is 0. The van der Waals surface area contributed by atoms with E-state index in [4.69, 9.17) is 0 Å². The number of aliphatic hydroxyl groups is 2. The van der Waals surface area contributed by atoms with Gasteiger partial charge in [-0.05, 0) is 29.9 Å². The van der Waals surface area contributed by atoms with Crippen LogP contribution in [-0.4, -0.2) is 33.9 Å². The Bertz CT molecular complexity index is 255. The number of hydrogen-bond acceptors (Lipinski definition) is 3. The molecule has 0 aromatic carbocycles. The molecule has 0 saturated heterocycles. The summed E-state index contributed by atoms with van der Waals surface area (Å²) in [5.74, 6) is 2.34. The maximum Gasteiger partial charge on any atom is 0.101 e. The topological polar surface area (TPSA) is 40.5 Å². The summed E-state index contributed by atoms with van der Waals surface area (Å²) in [6.07, 6.45) is 8.94. The monoisotopic (exact) mass is 286 g/mol. The maximum absolute atomic E-state index is 9.83. The average Bonchev–Trinajstić information content (AvgIpc) is 2.64. The Hall–Kier alpha value is 0.01000. The zero-order valence-corrected chi connectivity index (χ0v) is 13.1. The van der Waals surface area contributed by atoms with Gasteiger partial charge in [0, 0.05) is 5.92 Å². The van der Waals surface area contributed by atoms with Crippen molar-refractivity contribution in [2.24, 2.45) is 5.92 Å². The lowest BCUT2D eigenvalue weighted by Gasteiger charge is -2.15. The van der Waals surface area contributed by atoms with Gasteiger partial charge in [-0.25, -0.2) is 0 Å². The van der Waals surface area contributed by atoms with Crippen LogP contribution in [0.25, 0.3) is 0 Å². The third-order valence-electron chi connectivity index (χ3n) is 3.97. The standard InChI is InChI=1S/C16H30O2S/c1-3-4-5-6-7-8-9-10-19-12-14-11-13(2)15(17)16(14)18/h14-18H,2-12H2,1H3/t14-,15?,16?/m1/s1. The average molecular weight is 286 g/mol. The number of rotatable bonds is 10. The van der Waals surface area contributed by atoms with Crippen LogP contribution in [0, 0.1) is 5.92 Å². The van der Waals surface area contributed by atoms with E-state index in [9.17, 15) is 10.2 Å². The Morgan fingerprint density at radius 1 is 1.11 bits per heavy atom. The predicted molar refractivity (Wildman–Crippen MR) is 84.6 cm³/mol. The van der Waals surface area contributed by atoms with Gasteiger partial charge in [0.15, 0.2) is 0 Å². The molecule has 0 heterocycles. The van der Waals surface area contributed by atoms with Gasteiger partial charge >= 0.3 is 0 Å². The van der Waals surface area contributed by atoms with Crippen LogP contribution in [0.1, 0.15) is 58.3 Å². The maximum atomic E-state index is 9.83. The van der Waals surface area contributed by atoms with Crippen LogP contribution in [0.4, 0.5) is 0 Å². The fourth-order valence-corrected chi connectivity index (χ4v) is 3.82. The second kappa shape index (κ2) is 9.84. The summed E-state index contributed by atoms with van der Waals surface area (Å²) in [6.45, 7) is 6.06. The van der Waals surface area contributed by atoms with Crippen LogP contribution < -0.4 is 0 Å².